The highest BCUT2D eigenvalue weighted by molar-refractivity contribution is 5.75. The Morgan fingerprint density at radius 3 is 2.65 bits per heavy atom. The third kappa shape index (κ3) is 3.45. The second-order valence-electron chi connectivity index (χ2n) is 6.94. The van der Waals surface area contributed by atoms with Gasteiger partial charge in [-0.15, -0.1) is 0 Å². The van der Waals surface area contributed by atoms with Crippen molar-refractivity contribution in [2.75, 3.05) is 6.61 Å². The number of carbonyl (C=O) groups is 1. The smallest absolute Gasteiger partial charge is 0.312 e. The Morgan fingerprint density at radius 2 is 2.10 bits per heavy atom. The Kier molecular flexibility index (Phi) is 5.29. The minimum absolute atomic E-state index is 0.0462. The Bertz CT molecular complexity index is 364. The van der Waals surface area contributed by atoms with Gasteiger partial charge >= 0.3 is 5.97 Å². The molecule has 0 aromatic heterocycles. The number of carbonyl (C=O) groups excluding carboxylic acids is 1. The molecular formula is C18H30O2. The third-order valence-electron chi connectivity index (χ3n) is 5.62. The molecule has 2 atom stereocenters. The molecule has 0 saturated heterocycles. The Balaban J connectivity index is 1.94. The van der Waals surface area contributed by atoms with Gasteiger partial charge in [0.25, 0.3) is 0 Å². The molecule has 0 heterocycles. The van der Waals surface area contributed by atoms with Crippen LogP contribution in [-0.4, -0.2) is 12.6 Å². The number of hydrogen-bond acceptors (Lipinski definition) is 2. The molecule has 0 unspecified atom stereocenters. The predicted molar refractivity (Wildman–Crippen MR) is 82.4 cm³/mol. The van der Waals surface area contributed by atoms with E-state index in [4.69, 9.17) is 4.74 Å². The van der Waals surface area contributed by atoms with Crippen molar-refractivity contribution in [3.63, 3.8) is 0 Å². The third-order valence-corrected chi connectivity index (χ3v) is 5.62. The zero-order chi connectivity index (χ0) is 14.6. The largest absolute Gasteiger partial charge is 0.466 e. The average Bonchev–Trinajstić information content (AvgIpc) is 2.48. The van der Waals surface area contributed by atoms with Crippen LogP contribution in [0.15, 0.2) is 11.6 Å². The molecule has 2 heteroatoms. The molecule has 0 aromatic rings. The van der Waals surface area contributed by atoms with Gasteiger partial charge < -0.3 is 4.74 Å². The van der Waals surface area contributed by atoms with Crippen LogP contribution in [0.4, 0.5) is 0 Å². The van der Waals surface area contributed by atoms with Gasteiger partial charge in [-0.25, -0.2) is 0 Å². The van der Waals surface area contributed by atoms with E-state index in [0.29, 0.717) is 12.0 Å². The summed E-state index contributed by atoms with van der Waals surface area (Å²) >= 11 is 0. The molecule has 2 aliphatic rings. The lowest BCUT2D eigenvalue weighted by Crippen LogP contribution is -2.31. The maximum absolute atomic E-state index is 11.8. The Labute approximate surface area is 124 Å². The van der Waals surface area contributed by atoms with Crippen LogP contribution in [0.2, 0.25) is 0 Å². The molecule has 1 saturated carbocycles. The van der Waals surface area contributed by atoms with Crippen LogP contribution in [-0.2, 0) is 9.53 Å². The normalized spacial score (nSPS) is 27.6. The second kappa shape index (κ2) is 6.78. The lowest BCUT2D eigenvalue weighted by atomic mass is 9.63. The van der Waals surface area contributed by atoms with Crippen molar-refractivity contribution < 1.29 is 9.53 Å². The van der Waals surface area contributed by atoms with E-state index in [-0.39, 0.29) is 11.9 Å². The summed E-state index contributed by atoms with van der Waals surface area (Å²) in [7, 11) is 0. The second-order valence-corrected chi connectivity index (χ2v) is 6.94. The van der Waals surface area contributed by atoms with Gasteiger partial charge in [0.05, 0.1) is 12.5 Å². The SMILES string of the molecule is CCOC(=O)[C@H](C)C1=CC[C@@H](C2(C)CCCCC2)CC1. The molecule has 2 nitrogen and oxygen atoms in total. The summed E-state index contributed by atoms with van der Waals surface area (Å²) in [5, 5.41) is 0. The summed E-state index contributed by atoms with van der Waals surface area (Å²) in [5.74, 6) is 0.720. The van der Waals surface area contributed by atoms with E-state index in [1.807, 2.05) is 13.8 Å². The average molecular weight is 278 g/mol. The molecule has 0 aliphatic heterocycles. The van der Waals surface area contributed by atoms with Crippen LogP contribution < -0.4 is 0 Å². The van der Waals surface area contributed by atoms with E-state index in [9.17, 15) is 4.79 Å². The van der Waals surface area contributed by atoms with E-state index < -0.39 is 0 Å². The van der Waals surface area contributed by atoms with Gasteiger partial charge in [-0.1, -0.05) is 37.8 Å². The molecule has 0 N–H and O–H groups in total. The van der Waals surface area contributed by atoms with E-state index >= 15 is 0 Å². The van der Waals surface area contributed by atoms with Crippen molar-refractivity contribution in [3.05, 3.63) is 11.6 Å². The Hall–Kier alpha value is -0.790. The van der Waals surface area contributed by atoms with Gasteiger partial charge in [-0.2, -0.15) is 0 Å². The van der Waals surface area contributed by atoms with E-state index in [1.54, 1.807) is 0 Å². The maximum atomic E-state index is 11.8. The topological polar surface area (TPSA) is 26.3 Å². The van der Waals surface area contributed by atoms with Crippen molar-refractivity contribution in [3.8, 4) is 0 Å². The summed E-state index contributed by atoms with van der Waals surface area (Å²) in [6, 6.07) is 0. The standard InChI is InChI=1S/C18H30O2/c1-4-20-17(19)14(2)15-8-10-16(11-9-15)18(3)12-6-5-7-13-18/h8,14,16H,4-7,9-13H2,1-3H3/t14-,16-/m1/s1. The van der Waals surface area contributed by atoms with E-state index in [0.717, 1.165) is 18.8 Å². The molecule has 0 amide bonds. The molecule has 0 bridgehead atoms. The van der Waals surface area contributed by atoms with E-state index in [2.05, 4.69) is 13.0 Å². The molecule has 0 radical (unpaired) electrons. The molecule has 0 spiro atoms. The zero-order valence-corrected chi connectivity index (χ0v) is 13.4. The van der Waals surface area contributed by atoms with Gasteiger partial charge in [0, 0.05) is 0 Å². The molecule has 2 aliphatic carbocycles. The summed E-state index contributed by atoms with van der Waals surface area (Å²) < 4.78 is 5.14. The number of ether oxygens (including phenoxy) is 1. The fourth-order valence-electron chi connectivity index (χ4n) is 4.07. The Morgan fingerprint density at radius 1 is 1.40 bits per heavy atom. The molecule has 0 aromatic carbocycles. The molecule has 114 valence electrons. The van der Waals surface area contributed by atoms with Crippen LogP contribution >= 0.6 is 0 Å². The van der Waals surface area contributed by atoms with Crippen LogP contribution in [0.5, 0.6) is 0 Å². The monoisotopic (exact) mass is 278 g/mol. The quantitative estimate of drug-likeness (QED) is 0.541. The van der Waals surface area contributed by atoms with Gasteiger partial charge in [-0.05, 0) is 57.3 Å². The highest BCUT2D eigenvalue weighted by atomic mass is 16.5. The number of hydrogen-bond donors (Lipinski definition) is 0. The summed E-state index contributed by atoms with van der Waals surface area (Å²) in [6.07, 6.45) is 12.9. The molecular weight excluding hydrogens is 248 g/mol. The number of esters is 1. The lowest BCUT2D eigenvalue weighted by Gasteiger charge is -2.42. The minimum Gasteiger partial charge on any atom is -0.466 e. The first-order valence-electron chi connectivity index (χ1n) is 8.42. The van der Waals surface area contributed by atoms with Crippen molar-refractivity contribution in [2.24, 2.45) is 17.3 Å². The van der Waals surface area contributed by atoms with Gasteiger partial charge in [-0.3, -0.25) is 4.79 Å². The van der Waals surface area contributed by atoms with Gasteiger partial charge in [0.2, 0.25) is 0 Å². The van der Waals surface area contributed by atoms with E-state index in [1.165, 1.54) is 44.1 Å². The first kappa shape index (κ1) is 15.6. The number of allylic oxidation sites excluding steroid dienone is 1. The predicted octanol–water partition coefficient (Wildman–Crippen LogP) is 4.88. The van der Waals surface area contributed by atoms with Crippen LogP contribution in [0.25, 0.3) is 0 Å². The van der Waals surface area contributed by atoms with Crippen LogP contribution in [0.3, 0.4) is 0 Å². The van der Waals surface area contributed by atoms with Gasteiger partial charge in [0.15, 0.2) is 0 Å². The van der Waals surface area contributed by atoms with Crippen molar-refractivity contribution in [1.82, 2.24) is 0 Å². The maximum Gasteiger partial charge on any atom is 0.312 e. The molecule has 2 rings (SSSR count). The van der Waals surface area contributed by atoms with Crippen molar-refractivity contribution in [1.29, 1.82) is 0 Å². The van der Waals surface area contributed by atoms with Crippen molar-refractivity contribution in [2.45, 2.75) is 72.1 Å². The first-order valence-corrected chi connectivity index (χ1v) is 8.42. The first-order chi connectivity index (χ1) is 9.57. The van der Waals surface area contributed by atoms with Crippen LogP contribution in [0, 0.1) is 17.3 Å². The lowest BCUT2D eigenvalue weighted by molar-refractivity contribution is -0.146. The fourth-order valence-corrected chi connectivity index (χ4v) is 4.07. The minimum atomic E-state index is -0.0546. The molecule has 1 fully saturated rings. The van der Waals surface area contributed by atoms with Crippen molar-refractivity contribution >= 4 is 5.97 Å². The summed E-state index contributed by atoms with van der Waals surface area (Å²) in [6.45, 7) is 6.84. The summed E-state index contributed by atoms with van der Waals surface area (Å²) in [5.41, 5.74) is 1.85. The van der Waals surface area contributed by atoms with Crippen LogP contribution in [0.1, 0.15) is 72.1 Å². The fraction of sp³-hybridized carbons (Fsp3) is 0.833. The number of rotatable bonds is 4. The highest BCUT2D eigenvalue weighted by Gasteiger charge is 2.36. The highest BCUT2D eigenvalue weighted by Crippen LogP contribution is 2.48. The summed E-state index contributed by atoms with van der Waals surface area (Å²) in [4.78, 5) is 11.8. The zero-order valence-electron chi connectivity index (χ0n) is 13.4. The molecule has 20 heavy (non-hydrogen) atoms. The van der Waals surface area contributed by atoms with Gasteiger partial charge in [0.1, 0.15) is 0 Å².